The molecule has 0 aliphatic heterocycles. The van der Waals surface area contributed by atoms with Crippen LogP contribution in [0.1, 0.15) is 18.1 Å². The number of aryl methyl sites for hydroxylation is 2. The number of aromatic hydroxyl groups is 1. The first-order chi connectivity index (χ1) is 26.8. The van der Waals surface area contributed by atoms with Gasteiger partial charge in [-0.2, -0.15) is 0 Å². The Bertz CT molecular complexity index is 3030. The molecule has 0 amide bonds. The van der Waals surface area contributed by atoms with Gasteiger partial charge in [-0.15, -0.1) is 10.2 Å². The molecule has 3 N–H and O–H groups in total. The second-order valence-corrected chi connectivity index (χ2v) is 18.4. The predicted octanol–water partition coefficient (Wildman–Crippen LogP) is 1.04. The number of para-hydroxylation sites is 2. The maximum Gasteiger partial charge on any atom is 1.00 e. The molecule has 0 atom stereocenters. The summed E-state index contributed by atoms with van der Waals surface area (Å²) in [5.41, 5.74) is -0.376. The molecule has 0 heterocycles. The minimum absolute atomic E-state index is 0. The van der Waals surface area contributed by atoms with E-state index in [1.165, 1.54) is 36.4 Å². The van der Waals surface area contributed by atoms with Crippen LogP contribution in [0.2, 0.25) is 0 Å². The number of rotatable bonds is 13. The molecule has 0 bridgehead atoms. The van der Waals surface area contributed by atoms with Gasteiger partial charge in [0.05, 0.1) is 36.3 Å². The molecule has 0 aliphatic carbocycles. The summed E-state index contributed by atoms with van der Waals surface area (Å²) in [6.07, 6.45) is 0.505. The fourth-order valence-electron chi connectivity index (χ4n) is 5.57. The normalized spacial score (nSPS) is 12.1. The SMILES string of the molecule is CCc1ccccc1NS(=O)(=O)c1ccc(Oc2ccccc2)c(N=Nc2c(S(=O)(=O)[O-])cc3cc(S(=O)(=O)[O-])cc(NS(=O)(=O)c4ccc(C)cc4)c3c2O)c1.[Na+].[Na+]. The number of anilines is 2. The topological polar surface area (TPSA) is 261 Å². The Balaban J connectivity index is 0.00000384. The van der Waals surface area contributed by atoms with Crippen LogP contribution in [-0.4, -0.2) is 47.9 Å². The Kier molecular flexibility index (Phi) is 15.2. The Labute approximate surface area is 384 Å². The van der Waals surface area contributed by atoms with Gasteiger partial charge in [-0.05, 0) is 91.0 Å². The van der Waals surface area contributed by atoms with Gasteiger partial charge in [0.15, 0.2) is 11.5 Å². The van der Waals surface area contributed by atoms with E-state index < -0.39 is 78.0 Å². The average Bonchev–Trinajstić information content (AvgIpc) is 3.14. The molecule has 0 radical (unpaired) electrons. The number of sulfonamides is 2. The molecule has 0 unspecified atom stereocenters. The second kappa shape index (κ2) is 18.8. The van der Waals surface area contributed by atoms with E-state index in [-0.39, 0.29) is 86.1 Å². The van der Waals surface area contributed by atoms with Gasteiger partial charge >= 0.3 is 59.1 Å². The van der Waals surface area contributed by atoms with E-state index in [4.69, 9.17) is 4.74 Å². The fourth-order valence-corrected chi connectivity index (χ4v) is 8.94. The summed E-state index contributed by atoms with van der Waals surface area (Å²) in [5.74, 6) is -1.01. The second-order valence-electron chi connectivity index (χ2n) is 12.3. The first kappa shape index (κ1) is 47.8. The molecule has 0 fully saturated rings. The van der Waals surface area contributed by atoms with Crippen LogP contribution in [-0.2, 0) is 46.7 Å². The van der Waals surface area contributed by atoms with E-state index in [0.717, 1.165) is 6.07 Å². The number of azo groups is 1. The Morgan fingerprint density at radius 3 is 1.86 bits per heavy atom. The molecule has 0 aromatic heterocycles. The maximum atomic E-state index is 13.6. The quantitative estimate of drug-likeness (QED) is 0.0835. The molecule has 6 rings (SSSR count). The van der Waals surface area contributed by atoms with Crippen LogP contribution in [0.25, 0.3) is 10.8 Å². The average molecular weight is 897 g/mol. The minimum atomic E-state index is -5.59. The number of nitrogens with one attached hydrogen (secondary N) is 2. The van der Waals surface area contributed by atoms with Crippen LogP contribution in [0, 0.1) is 6.92 Å². The zero-order valence-corrected chi connectivity index (χ0v) is 38.9. The molecule has 0 saturated carbocycles. The van der Waals surface area contributed by atoms with E-state index >= 15 is 0 Å². The van der Waals surface area contributed by atoms with Gasteiger partial charge < -0.3 is 18.9 Å². The third-order valence-electron chi connectivity index (χ3n) is 8.37. The molecule has 6 aromatic carbocycles. The monoisotopic (exact) mass is 896 g/mol. The van der Waals surface area contributed by atoms with Gasteiger partial charge in [-0.3, -0.25) is 9.44 Å². The van der Waals surface area contributed by atoms with Crippen molar-refractivity contribution in [1.29, 1.82) is 0 Å². The summed E-state index contributed by atoms with van der Waals surface area (Å²) in [5, 5.41) is 18.3. The summed E-state index contributed by atoms with van der Waals surface area (Å²) in [6.45, 7) is 3.54. The largest absolute Gasteiger partial charge is 1.00 e. The minimum Gasteiger partial charge on any atom is -0.744 e. The van der Waals surface area contributed by atoms with Crippen molar-refractivity contribution in [3.05, 3.63) is 126 Å². The van der Waals surface area contributed by atoms with Gasteiger partial charge in [0.25, 0.3) is 20.0 Å². The van der Waals surface area contributed by atoms with E-state index in [2.05, 4.69) is 19.7 Å². The number of phenols is 1. The van der Waals surface area contributed by atoms with Crippen LogP contribution in [0.3, 0.4) is 0 Å². The van der Waals surface area contributed by atoms with Crippen molar-refractivity contribution in [2.24, 2.45) is 10.2 Å². The Hall–Kier alpha value is -3.90. The fraction of sp³-hybridized carbons (Fsp3) is 0.0811. The zero-order valence-electron chi connectivity index (χ0n) is 31.6. The smallest absolute Gasteiger partial charge is 0.744 e. The third-order valence-corrected chi connectivity index (χ3v) is 12.8. The first-order valence-corrected chi connectivity index (χ1v) is 22.3. The van der Waals surface area contributed by atoms with Crippen LogP contribution in [0.4, 0.5) is 22.7 Å². The molecule has 59 heavy (non-hydrogen) atoms. The summed E-state index contributed by atoms with van der Waals surface area (Å²) in [7, 11) is -19.8. The molecule has 0 saturated heterocycles. The van der Waals surface area contributed by atoms with E-state index in [1.54, 1.807) is 61.5 Å². The molecule has 0 spiro atoms. The van der Waals surface area contributed by atoms with E-state index in [1.807, 2.05) is 6.92 Å². The van der Waals surface area contributed by atoms with Crippen LogP contribution < -0.4 is 73.3 Å². The van der Waals surface area contributed by atoms with Gasteiger partial charge in [-0.1, -0.05) is 61.0 Å². The van der Waals surface area contributed by atoms with Gasteiger partial charge in [0.1, 0.15) is 37.4 Å². The number of fused-ring (bicyclic) bond motifs is 1. The van der Waals surface area contributed by atoms with Crippen LogP contribution in [0.15, 0.2) is 145 Å². The molecule has 22 heteroatoms. The standard InChI is InChI=1S/C37H32N4O12S4.2Na/c1-3-24-9-7-8-12-30(24)40-55(45,46)28-17-18-33(53-26-10-5-4-6-11-26)31(21-28)38-39-36-34(57(50,51)52)20-25-19-29(56(47,48)49)22-32(35(25)37(36)42)41-54(43,44)27-15-13-23(2)14-16-27;;/h4-22,40-42H,3H2,1-2H3,(H,47,48,49)(H,50,51,52);;/q;2*+1/p-2. The Morgan fingerprint density at radius 2 is 1.24 bits per heavy atom. The number of hydrogen-bond acceptors (Lipinski definition) is 14. The molecular weight excluding hydrogens is 867 g/mol. The van der Waals surface area contributed by atoms with Crippen LogP contribution in [0.5, 0.6) is 17.2 Å². The number of hydrogen-bond donors (Lipinski definition) is 3. The van der Waals surface area contributed by atoms with Crippen molar-refractivity contribution in [2.45, 2.75) is 39.9 Å². The van der Waals surface area contributed by atoms with Crippen molar-refractivity contribution in [2.75, 3.05) is 9.44 Å². The van der Waals surface area contributed by atoms with Crippen LogP contribution >= 0.6 is 0 Å². The predicted molar refractivity (Wildman–Crippen MR) is 207 cm³/mol. The van der Waals surface area contributed by atoms with Gasteiger partial charge in [-0.25, -0.2) is 33.7 Å². The molecular formula is C37H30N4Na2O12S4. The van der Waals surface area contributed by atoms with Crippen molar-refractivity contribution in [3.63, 3.8) is 0 Å². The molecule has 6 aromatic rings. The number of benzene rings is 6. The molecule has 16 nitrogen and oxygen atoms in total. The number of phenolic OH excluding ortho intramolecular Hbond substituents is 1. The van der Waals surface area contributed by atoms with Crippen molar-refractivity contribution in [1.82, 2.24) is 0 Å². The Morgan fingerprint density at radius 1 is 0.644 bits per heavy atom. The zero-order chi connectivity index (χ0) is 41.3. The first-order valence-electron chi connectivity index (χ1n) is 16.5. The van der Waals surface area contributed by atoms with E-state index in [9.17, 15) is 47.9 Å². The number of nitrogens with zero attached hydrogens (tertiary/aromatic N) is 2. The van der Waals surface area contributed by atoms with Gasteiger partial charge in [0, 0.05) is 0 Å². The summed E-state index contributed by atoms with van der Waals surface area (Å²) in [4.78, 5) is -2.93. The molecule has 296 valence electrons. The maximum absolute atomic E-state index is 13.6. The third kappa shape index (κ3) is 11.1. The van der Waals surface area contributed by atoms with Crippen molar-refractivity contribution >= 4 is 73.8 Å². The van der Waals surface area contributed by atoms with Gasteiger partial charge in [0.2, 0.25) is 0 Å². The van der Waals surface area contributed by atoms with Crippen molar-refractivity contribution in [3.8, 4) is 17.2 Å². The summed E-state index contributed by atoms with van der Waals surface area (Å²) in [6, 6.07) is 25.6. The molecule has 0 aliphatic rings. The summed E-state index contributed by atoms with van der Waals surface area (Å²) < 4.78 is 139. The van der Waals surface area contributed by atoms with Crippen molar-refractivity contribution < 1.29 is 112 Å². The summed E-state index contributed by atoms with van der Waals surface area (Å²) >= 11 is 0. The number of ether oxygens (including phenoxy) is 1. The van der Waals surface area contributed by atoms with E-state index in [0.29, 0.717) is 41.4 Å².